The van der Waals surface area contributed by atoms with Crippen molar-refractivity contribution in [1.82, 2.24) is 15.6 Å². The summed E-state index contributed by atoms with van der Waals surface area (Å²) in [7, 11) is 0. The van der Waals surface area contributed by atoms with Crippen LogP contribution in [0.2, 0.25) is 0 Å². The molecule has 2 aromatic rings. The van der Waals surface area contributed by atoms with Crippen LogP contribution < -0.4 is 10.6 Å². The Balaban J connectivity index is 1.86. The third-order valence-electron chi connectivity index (χ3n) is 3.55. The quantitative estimate of drug-likeness (QED) is 0.839. The molecule has 130 valence electrons. The summed E-state index contributed by atoms with van der Waals surface area (Å²) in [6, 6.07) is 1.46. The number of carbonyl (C=O) groups excluding carboxylic acids is 2. The molecule has 2 aromatic heterocycles. The molecule has 0 unspecified atom stereocenters. The first-order valence-corrected chi connectivity index (χ1v) is 8.75. The first-order valence-electron chi connectivity index (χ1n) is 7.87. The Morgan fingerprint density at radius 2 is 2.00 bits per heavy atom. The van der Waals surface area contributed by atoms with E-state index in [1.165, 1.54) is 0 Å². The fraction of sp³-hybridized carbons (Fsp3) is 0.471. The topological polar surface area (TPSA) is 84.2 Å². The van der Waals surface area contributed by atoms with E-state index >= 15 is 0 Å². The molecule has 2 amide bonds. The van der Waals surface area contributed by atoms with Crippen molar-refractivity contribution < 1.29 is 14.0 Å². The van der Waals surface area contributed by atoms with Gasteiger partial charge in [-0.2, -0.15) is 0 Å². The first-order chi connectivity index (χ1) is 11.3. The molecule has 0 fully saturated rings. The molecule has 0 aliphatic carbocycles. The highest BCUT2D eigenvalue weighted by molar-refractivity contribution is 7.09. The molecular weight excluding hydrogens is 326 g/mol. The van der Waals surface area contributed by atoms with Gasteiger partial charge in [0.05, 0.1) is 28.9 Å². The van der Waals surface area contributed by atoms with Crippen molar-refractivity contribution in [3.05, 3.63) is 39.2 Å². The highest BCUT2D eigenvalue weighted by atomic mass is 32.1. The van der Waals surface area contributed by atoms with Crippen LogP contribution in [0.4, 0.5) is 0 Å². The minimum atomic E-state index is -0.317. The van der Waals surface area contributed by atoms with Crippen LogP contribution in [0.15, 0.2) is 15.9 Å². The second-order valence-corrected chi connectivity index (χ2v) is 6.95. The molecule has 24 heavy (non-hydrogen) atoms. The molecule has 0 bridgehead atoms. The smallest absolute Gasteiger partial charge is 0.255 e. The van der Waals surface area contributed by atoms with Gasteiger partial charge in [-0.05, 0) is 26.8 Å². The Kier molecular flexibility index (Phi) is 5.77. The molecular formula is C17H23N3O3S. The third kappa shape index (κ3) is 4.44. The van der Waals surface area contributed by atoms with Crippen molar-refractivity contribution in [3.8, 4) is 0 Å². The molecule has 2 N–H and O–H groups in total. The number of nitrogens with one attached hydrogen (secondary N) is 2. The van der Waals surface area contributed by atoms with Crippen molar-refractivity contribution in [3.63, 3.8) is 0 Å². The molecule has 6 nitrogen and oxygen atoms in total. The van der Waals surface area contributed by atoms with Crippen molar-refractivity contribution in [2.45, 2.75) is 46.6 Å². The maximum Gasteiger partial charge on any atom is 0.255 e. The van der Waals surface area contributed by atoms with Crippen LogP contribution in [0.1, 0.15) is 65.3 Å². The summed E-state index contributed by atoms with van der Waals surface area (Å²) in [5.74, 6) is 1.01. The number of aryl methyl sites for hydroxylation is 2. The van der Waals surface area contributed by atoms with Crippen molar-refractivity contribution in [2.75, 3.05) is 6.54 Å². The van der Waals surface area contributed by atoms with E-state index in [9.17, 15) is 9.59 Å². The number of rotatable bonds is 6. The molecule has 0 aliphatic heterocycles. The van der Waals surface area contributed by atoms with Crippen molar-refractivity contribution in [2.24, 2.45) is 0 Å². The number of furan rings is 1. The lowest BCUT2D eigenvalue weighted by Gasteiger charge is -2.12. The Bertz CT molecular complexity index is 733. The summed E-state index contributed by atoms with van der Waals surface area (Å²) < 4.78 is 5.32. The maximum atomic E-state index is 12.1. The van der Waals surface area contributed by atoms with Gasteiger partial charge in [-0.15, -0.1) is 11.3 Å². The van der Waals surface area contributed by atoms with E-state index in [1.807, 2.05) is 12.3 Å². The van der Waals surface area contributed by atoms with Crippen LogP contribution in [0.5, 0.6) is 0 Å². The summed E-state index contributed by atoms with van der Waals surface area (Å²) in [4.78, 5) is 28.6. The molecule has 2 rings (SSSR count). The highest BCUT2D eigenvalue weighted by Gasteiger charge is 2.17. The van der Waals surface area contributed by atoms with Crippen LogP contribution in [0, 0.1) is 13.8 Å². The fourth-order valence-corrected chi connectivity index (χ4v) is 3.17. The lowest BCUT2D eigenvalue weighted by Crippen LogP contribution is -2.38. The van der Waals surface area contributed by atoms with E-state index in [0.29, 0.717) is 23.0 Å². The average molecular weight is 349 g/mol. The van der Waals surface area contributed by atoms with E-state index in [4.69, 9.17) is 4.42 Å². The third-order valence-corrected chi connectivity index (χ3v) is 4.71. The Hall–Kier alpha value is -2.15. The second-order valence-electron chi connectivity index (χ2n) is 6.06. The van der Waals surface area contributed by atoms with Gasteiger partial charge in [0, 0.05) is 11.3 Å². The Morgan fingerprint density at radius 3 is 2.54 bits per heavy atom. The minimum Gasteiger partial charge on any atom is -0.466 e. The number of hydrogen-bond acceptors (Lipinski definition) is 5. The largest absolute Gasteiger partial charge is 0.466 e. The summed E-state index contributed by atoms with van der Waals surface area (Å²) in [5, 5.41) is 8.45. The van der Waals surface area contributed by atoms with Gasteiger partial charge >= 0.3 is 0 Å². The molecule has 0 saturated carbocycles. The summed E-state index contributed by atoms with van der Waals surface area (Å²) in [6.07, 6.45) is 0. The fourth-order valence-electron chi connectivity index (χ4n) is 2.24. The summed E-state index contributed by atoms with van der Waals surface area (Å²) in [5.41, 5.74) is 1.29. The predicted octanol–water partition coefficient (Wildman–Crippen LogP) is 3.08. The molecule has 7 heteroatoms. The van der Waals surface area contributed by atoms with E-state index in [2.05, 4.69) is 29.5 Å². The first kappa shape index (κ1) is 18.2. The monoisotopic (exact) mass is 349 g/mol. The standard InChI is InChI=1S/C17H23N3O3S/c1-9(2)17-20-14(8-24-17)11(4)19-15(21)7-18-16(22)13-6-10(3)23-12(13)5/h6,8-9,11H,7H2,1-5H3,(H,18,22)(H,19,21)/t11-/m1/s1. The predicted molar refractivity (Wildman–Crippen MR) is 93.3 cm³/mol. The van der Waals surface area contributed by atoms with Crippen LogP contribution >= 0.6 is 11.3 Å². The molecule has 0 saturated heterocycles. The number of carbonyl (C=O) groups is 2. The zero-order valence-electron chi connectivity index (χ0n) is 14.6. The van der Waals surface area contributed by atoms with Crippen molar-refractivity contribution in [1.29, 1.82) is 0 Å². The molecule has 0 radical (unpaired) electrons. The van der Waals surface area contributed by atoms with E-state index in [0.717, 1.165) is 10.7 Å². The number of thiazole rings is 1. The lowest BCUT2D eigenvalue weighted by molar-refractivity contribution is -0.120. The van der Waals surface area contributed by atoms with E-state index in [-0.39, 0.29) is 24.4 Å². The second kappa shape index (κ2) is 7.61. The SMILES string of the molecule is Cc1cc(C(=O)NCC(=O)N[C@H](C)c2csc(C(C)C)n2)c(C)o1. The van der Waals surface area contributed by atoms with Crippen molar-refractivity contribution >= 4 is 23.2 Å². The number of amides is 2. The highest BCUT2D eigenvalue weighted by Crippen LogP contribution is 2.22. The minimum absolute atomic E-state index is 0.0893. The van der Waals surface area contributed by atoms with Gasteiger partial charge in [0.2, 0.25) is 5.91 Å². The van der Waals surface area contributed by atoms with E-state index in [1.54, 1.807) is 31.3 Å². The molecule has 0 spiro atoms. The van der Waals surface area contributed by atoms with Gasteiger partial charge < -0.3 is 15.1 Å². The van der Waals surface area contributed by atoms with Gasteiger partial charge in [0.25, 0.3) is 5.91 Å². The van der Waals surface area contributed by atoms with Crippen LogP contribution in [0.3, 0.4) is 0 Å². The number of aromatic nitrogens is 1. The lowest BCUT2D eigenvalue weighted by atomic mass is 10.2. The zero-order valence-corrected chi connectivity index (χ0v) is 15.4. The summed E-state index contributed by atoms with van der Waals surface area (Å²) >= 11 is 1.59. The van der Waals surface area contributed by atoms with Crippen LogP contribution in [0.25, 0.3) is 0 Å². The van der Waals surface area contributed by atoms with Crippen LogP contribution in [-0.2, 0) is 4.79 Å². The zero-order chi connectivity index (χ0) is 17.9. The average Bonchev–Trinajstić information content (AvgIpc) is 3.11. The normalized spacial score (nSPS) is 12.2. The molecule has 1 atom stereocenters. The van der Waals surface area contributed by atoms with Crippen LogP contribution in [-0.4, -0.2) is 23.3 Å². The summed E-state index contributed by atoms with van der Waals surface area (Å²) in [6.45, 7) is 9.45. The van der Waals surface area contributed by atoms with Gasteiger partial charge in [0.1, 0.15) is 11.5 Å². The molecule has 2 heterocycles. The molecule has 0 aliphatic rings. The van der Waals surface area contributed by atoms with E-state index < -0.39 is 0 Å². The Morgan fingerprint density at radius 1 is 1.29 bits per heavy atom. The van der Waals surface area contributed by atoms with Gasteiger partial charge in [-0.3, -0.25) is 9.59 Å². The number of hydrogen-bond donors (Lipinski definition) is 2. The molecule has 0 aromatic carbocycles. The Labute approximate surface area is 145 Å². The maximum absolute atomic E-state index is 12.1. The number of nitrogens with zero attached hydrogens (tertiary/aromatic N) is 1. The van der Waals surface area contributed by atoms with Gasteiger partial charge in [0.15, 0.2) is 0 Å². The van der Waals surface area contributed by atoms with Gasteiger partial charge in [-0.1, -0.05) is 13.8 Å². The van der Waals surface area contributed by atoms with Gasteiger partial charge in [-0.25, -0.2) is 4.98 Å².